The van der Waals surface area contributed by atoms with Crippen molar-refractivity contribution in [2.45, 2.75) is 52.6 Å². The predicted octanol–water partition coefficient (Wildman–Crippen LogP) is 2.84. The van der Waals surface area contributed by atoms with E-state index in [4.69, 9.17) is 9.47 Å². The van der Waals surface area contributed by atoms with Crippen molar-refractivity contribution in [3.05, 3.63) is 0 Å². The fourth-order valence-corrected chi connectivity index (χ4v) is 3.15. The number of hydrogen-bond acceptors (Lipinski definition) is 3. The highest BCUT2D eigenvalue weighted by atomic mass is 16.5. The van der Waals surface area contributed by atoms with Crippen LogP contribution in [-0.4, -0.2) is 39.5 Å². The van der Waals surface area contributed by atoms with Gasteiger partial charge in [0.05, 0.1) is 12.7 Å². The Kier molecular flexibility index (Phi) is 7.20. The molecule has 1 saturated carbocycles. The second kappa shape index (κ2) is 8.13. The number of hydrogen-bond donors (Lipinski definition) is 1. The first-order valence-electron chi connectivity index (χ1n) is 7.35. The van der Waals surface area contributed by atoms with Gasteiger partial charge in [-0.3, -0.25) is 0 Å². The average molecular weight is 257 g/mol. The first kappa shape index (κ1) is 15.9. The maximum Gasteiger partial charge on any atom is 0.0594 e. The summed E-state index contributed by atoms with van der Waals surface area (Å²) >= 11 is 0. The van der Waals surface area contributed by atoms with Crippen LogP contribution >= 0.6 is 0 Å². The topological polar surface area (TPSA) is 30.5 Å². The standard InChI is InChI=1S/C15H31NO2/c1-13-10-14(12-15(2,3)11-13)18-9-7-16-6-5-8-17-4/h13-14,16H,5-12H2,1-4H3. The third-order valence-corrected chi connectivity index (χ3v) is 3.68. The Morgan fingerprint density at radius 3 is 2.61 bits per heavy atom. The van der Waals surface area contributed by atoms with Crippen molar-refractivity contribution in [1.82, 2.24) is 5.32 Å². The lowest BCUT2D eigenvalue weighted by atomic mass is 9.71. The molecule has 2 unspecified atom stereocenters. The molecule has 0 aromatic carbocycles. The number of methoxy groups -OCH3 is 1. The van der Waals surface area contributed by atoms with Crippen LogP contribution < -0.4 is 5.32 Å². The van der Waals surface area contributed by atoms with Gasteiger partial charge in [0, 0.05) is 20.3 Å². The highest BCUT2D eigenvalue weighted by molar-refractivity contribution is 4.83. The molecule has 0 saturated heterocycles. The molecule has 0 aliphatic heterocycles. The van der Waals surface area contributed by atoms with Gasteiger partial charge >= 0.3 is 0 Å². The molecule has 1 aliphatic rings. The van der Waals surface area contributed by atoms with Gasteiger partial charge in [-0.2, -0.15) is 0 Å². The Morgan fingerprint density at radius 2 is 1.94 bits per heavy atom. The van der Waals surface area contributed by atoms with Crippen LogP contribution in [0.2, 0.25) is 0 Å². The van der Waals surface area contributed by atoms with E-state index >= 15 is 0 Å². The fourth-order valence-electron chi connectivity index (χ4n) is 3.15. The molecule has 1 fully saturated rings. The fraction of sp³-hybridized carbons (Fsp3) is 1.00. The van der Waals surface area contributed by atoms with Crippen LogP contribution in [0.15, 0.2) is 0 Å². The molecule has 1 aliphatic carbocycles. The highest BCUT2D eigenvalue weighted by Crippen LogP contribution is 2.39. The van der Waals surface area contributed by atoms with Crippen molar-refractivity contribution in [2.24, 2.45) is 11.3 Å². The zero-order valence-corrected chi connectivity index (χ0v) is 12.6. The smallest absolute Gasteiger partial charge is 0.0594 e. The van der Waals surface area contributed by atoms with Gasteiger partial charge in [0.25, 0.3) is 0 Å². The molecule has 0 aromatic rings. The van der Waals surface area contributed by atoms with E-state index < -0.39 is 0 Å². The molecule has 0 spiro atoms. The number of nitrogens with one attached hydrogen (secondary N) is 1. The third-order valence-electron chi connectivity index (χ3n) is 3.68. The van der Waals surface area contributed by atoms with Crippen LogP contribution in [0, 0.1) is 11.3 Å². The first-order valence-corrected chi connectivity index (χ1v) is 7.35. The summed E-state index contributed by atoms with van der Waals surface area (Å²) in [5, 5.41) is 3.39. The maximum atomic E-state index is 6.00. The normalized spacial score (nSPS) is 27.3. The third kappa shape index (κ3) is 6.72. The zero-order chi connectivity index (χ0) is 13.4. The van der Waals surface area contributed by atoms with E-state index in [1.807, 2.05) is 0 Å². The second-order valence-electron chi connectivity index (χ2n) is 6.50. The highest BCUT2D eigenvalue weighted by Gasteiger charge is 2.32. The molecule has 0 aromatic heterocycles. The first-order chi connectivity index (χ1) is 8.53. The molecule has 3 heteroatoms. The molecule has 1 rings (SSSR count). The van der Waals surface area contributed by atoms with E-state index in [0.29, 0.717) is 11.5 Å². The van der Waals surface area contributed by atoms with Gasteiger partial charge in [0.2, 0.25) is 0 Å². The summed E-state index contributed by atoms with van der Waals surface area (Å²) in [4.78, 5) is 0. The van der Waals surface area contributed by atoms with E-state index in [2.05, 4.69) is 26.1 Å². The summed E-state index contributed by atoms with van der Waals surface area (Å²) in [5.41, 5.74) is 0.453. The number of ether oxygens (including phenoxy) is 2. The van der Waals surface area contributed by atoms with Crippen LogP contribution in [0.3, 0.4) is 0 Å². The summed E-state index contributed by atoms with van der Waals surface area (Å²) in [7, 11) is 1.75. The molecule has 108 valence electrons. The largest absolute Gasteiger partial charge is 0.385 e. The zero-order valence-electron chi connectivity index (χ0n) is 12.6. The van der Waals surface area contributed by atoms with Crippen LogP contribution in [0.25, 0.3) is 0 Å². The van der Waals surface area contributed by atoms with Crippen LogP contribution in [0.4, 0.5) is 0 Å². The molecule has 0 bridgehead atoms. The minimum Gasteiger partial charge on any atom is -0.385 e. The molecule has 0 radical (unpaired) electrons. The maximum absolute atomic E-state index is 6.00. The van der Waals surface area contributed by atoms with Crippen molar-refractivity contribution in [1.29, 1.82) is 0 Å². The summed E-state index contributed by atoms with van der Waals surface area (Å²) in [6.45, 7) is 10.7. The molecule has 2 atom stereocenters. The van der Waals surface area contributed by atoms with Gasteiger partial charge in [-0.15, -0.1) is 0 Å². The Morgan fingerprint density at radius 1 is 1.17 bits per heavy atom. The van der Waals surface area contributed by atoms with Crippen molar-refractivity contribution in [2.75, 3.05) is 33.4 Å². The lowest BCUT2D eigenvalue weighted by Crippen LogP contribution is -2.34. The van der Waals surface area contributed by atoms with Crippen LogP contribution in [0.5, 0.6) is 0 Å². The van der Waals surface area contributed by atoms with Gasteiger partial charge in [-0.25, -0.2) is 0 Å². The van der Waals surface area contributed by atoms with E-state index in [1.165, 1.54) is 19.3 Å². The molecule has 0 heterocycles. The Bertz CT molecular complexity index is 219. The van der Waals surface area contributed by atoms with Crippen molar-refractivity contribution < 1.29 is 9.47 Å². The quantitative estimate of drug-likeness (QED) is 0.678. The van der Waals surface area contributed by atoms with E-state index in [1.54, 1.807) is 7.11 Å². The summed E-state index contributed by atoms with van der Waals surface area (Å²) in [6.07, 6.45) is 5.31. The minimum atomic E-state index is 0.453. The molecule has 0 amide bonds. The monoisotopic (exact) mass is 257 g/mol. The van der Waals surface area contributed by atoms with Crippen molar-refractivity contribution in [3.63, 3.8) is 0 Å². The Hall–Kier alpha value is -0.120. The summed E-state index contributed by atoms with van der Waals surface area (Å²) < 4.78 is 11.0. The van der Waals surface area contributed by atoms with Crippen LogP contribution in [0.1, 0.15) is 46.5 Å². The predicted molar refractivity (Wildman–Crippen MR) is 75.9 cm³/mol. The Balaban J connectivity index is 2.04. The van der Waals surface area contributed by atoms with Crippen molar-refractivity contribution >= 4 is 0 Å². The van der Waals surface area contributed by atoms with Crippen molar-refractivity contribution in [3.8, 4) is 0 Å². The summed E-state index contributed by atoms with van der Waals surface area (Å²) in [5.74, 6) is 0.799. The molecule has 1 N–H and O–H groups in total. The molecular formula is C15H31NO2. The molecule has 18 heavy (non-hydrogen) atoms. The van der Waals surface area contributed by atoms with Crippen LogP contribution in [-0.2, 0) is 9.47 Å². The molecular weight excluding hydrogens is 226 g/mol. The Labute approximate surface area is 113 Å². The number of rotatable bonds is 8. The van der Waals surface area contributed by atoms with E-state index in [-0.39, 0.29) is 0 Å². The second-order valence-corrected chi connectivity index (χ2v) is 6.50. The lowest BCUT2D eigenvalue weighted by Gasteiger charge is -2.38. The van der Waals surface area contributed by atoms with E-state index in [9.17, 15) is 0 Å². The molecule has 3 nitrogen and oxygen atoms in total. The summed E-state index contributed by atoms with van der Waals surface area (Å²) in [6, 6.07) is 0. The van der Waals surface area contributed by atoms with Gasteiger partial charge in [0.15, 0.2) is 0 Å². The van der Waals surface area contributed by atoms with Gasteiger partial charge in [-0.1, -0.05) is 20.8 Å². The van der Waals surface area contributed by atoms with Gasteiger partial charge < -0.3 is 14.8 Å². The SMILES string of the molecule is COCCCNCCOC1CC(C)CC(C)(C)C1. The van der Waals surface area contributed by atoms with E-state index in [0.717, 1.165) is 38.6 Å². The van der Waals surface area contributed by atoms with Gasteiger partial charge in [-0.05, 0) is 43.6 Å². The lowest BCUT2D eigenvalue weighted by molar-refractivity contribution is -0.0213. The minimum absolute atomic E-state index is 0.453. The van der Waals surface area contributed by atoms with Gasteiger partial charge in [0.1, 0.15) is 0 Å². The average Bonchev–Trinajstić information content (AvgIpc) is 2.25.